The summed E-state index contributed by atoms with van der Waals surface area (Å²) < 4.78 is 0. The number of anilines is 2. The Morgan fingerprint density at radius 2 is 1.80 bits per heavy atom. The molecule has 1 aliphatic heterocycles. The molecule has 1 aromatic heterocycles. The van der Waals surface area contributed by atoms with Crippen molar-refractivity contribution in [2.24, 2.45) is 11.8 Å². The van der Waals surface area contributed by atoms with Gasteiger partial charge in [-0.15, -0.1) is 0 Å². The van der Waals surface area contributed by atoms with Gasteiger partial charge in [0.05, 0.1) is 11.9 Å². The number of carbonyl (C=O) groups excluding carboxylic acids is 1. The van der Waals surface area contributed by atoms with Crippen LogP contribution < -0.4 is 10.2 Å². The molecule has 1 saturated heterocycles. The lowest BCUT2D eigenvalue weighted by Gasteiger charge is -2.33. The summed E-state index contributed by atoms with van der Waals surface area (Å²) in [6, 6.07) is 14.8. The third-order valence-electron chi connectivity index (χ3n) is 5.29. The zero-order chi connectivity index (χ0) is 17.1. The summed E-state index contributed by atoms with van der Waals surface area (Å²) >= 11 is 0. The summed E-state index contributed by atoms with van der Waals surface area (Å²) in [4.78, 5) is 18.6. The van der Waals surface area contributed by atoms with Crippen molar-refractivity contribution in [2.45, 2.75) is 32.1 Å². The smallest absolute Gasteiger partial charge is 0.228 e. The molecule has 130 valence electrons. The summed E-state index contributed by atoms with van der Waals surface area (Å²) in [5.74, 6) is 1.76. The summed E-state index contributed by atoms with van der Waals surface area (Å²) in [5, 5.41) is 2.90. The molecule has 25 heavy (non-hydrogen) atoms. The molecular weight excluding hydrogens is 310 g/mol. The van der Waals surface area contributed by atoms with Crippen LogP contribution in [0.5, 0.6) is 0 Å². The summed E-state index contributed by atoms with van der Waals surface area (Å²) in [5.41, 5.74) is 2.60. The summed E-state index contributed by atoms with van der Waals surface area (Å²) in [6.07, 6.45) is 7.53. The molecule has 1 aliphatic carbocycles. The Kier molecular flexibility index (Phi) is 4.68. The van der Waals surface area contributed by atoms with E-state index in [9.17, 15) is 4.79 Å². The van der Waals surface area contributed by atoms with Crippen LogP contribution >= 0.6 is 0 Å². The number of benzene rings is 1. The first-order valence-electron chi connectivity index (χ1n) is 9.34. The van der Waals surface area contributed by atoms with Gasteiger partial charge in [-0.25, -0.2) is 4.98 Å². The number of amides is 1. The zero-order valence-electron chi connectivity index (χ0n) is 14.5. The van der Waals surface area contributed by atoms with Crippen LogP contribution in [0.2, 0.25) is 0 Å². The number of piperidine rings is 1. The van der Waals surface area contributed by atoms with Gasteiger partial charge in [0.1, 0.15) is 5.82 Å². The largest absolute Gasteiger partial charge is 0.370 e. The van der Waals surface area contributed by atoms with Gasteiger partial charge in [0, 0.05) is 19.0 Å². The lowest BCUT2D eigenvalue weighted by atomic mass is 9.90. The van der Waals surface area contributed by atoms with Crippen molar-refractivity contribution in [1.29, 1.82) is 0 Å². The van der Waals surface area contributed by atoms with E-state index in [4.69, 9.17) is 0 Å². The normalized spacial score (nSPS) is 18.2. The molecule has 1 amide bonds. The Hall–Kier alpha value is -2.36. The van der Waals surface area contributed by atoms with Crippen molar-refractivity contribution in [1.82, 2.24) is 4.98 Å². The van der Waals surface area contributed by atoms with Gasteiger partial charge in [0.15, 0.2) is 0 Å². The van der Waals surface area contributed by atoms with E-state index in [2.05, 4.69) is 51.6 Å². The predicted molar refractivity (Wildman–Crippen MR) is 101 cm³/mol. The number of hydrogen-bond donors (Lipinski definition) is 1. The van der Waals surface area contributed by atoms with E-state index in [0.29, 0.717) is 5.82 Å². The average molecular weight is 335 g/mol. The van der Waals surface area contributed by atoms with Crippen LogP contribution in [0.4, 0.5) is 11.5 Å². The maximum atomic E-state index is 11.8. The van der Waals surface area contributed by atoms with E-state index in [0.717, 1.165) is 37.5 Å². The predicted octanol–water partition coefficient (Wildman–Crippen LogP) is 3.89. The van der Waals surface area contributed by atoms with Crippen LogP contribution in [0.25, 0.3) is 0 Å². The van der Waals surface area contributed by atoms with E-state index >= 15 is 0 Å². The highest BCUT2D eigenvalue weighted by molar-refractivity contribution is 5.93. The topological polar surface area (TPSA) is 45.2 Å². The molecule has 0 unspecified atom stereocenters. The molecule has 1 aromatic carbocycles. The first-order chi connectivity index (χ1) is 12.3. The molecule has 2 fully saturated rings. The SMILES string of the molecule is O=C(Nc1ccc(N2CCC(Cc3ccccc3)CC2)cn1)C1CC1. The summed E-state index contributed by atoms with van der Waals surface area (Å²) in [7, 11) is 0. The first kappa shape index (κ1) is 16.1. The van der Waals surface area contributed by atoms with Gasteiger partial charge in [0.25, 0.3) is 0 Å². The monoisotopic (exact) mass is 335 g/mol. The molecule has 2 aliphatic rings. The van der Waals surface area contributed by atoms with Crippen molar-refractivity contribution < 1.29 is 4.79 Å². The minimum Gasteiger partial charge on any atom is -0.370 e. The Labute approximate surface area is 149 Å². The first-order valence-corrected chi connectivity index (χ1v) is 9.34. The molecule has 1 N–H and O–H groups in total. The molecule has 0 spiro atoms. The van der Waals surface area contributed by atoms with Crippen LogP contribution in [-0.4, -0.2) is 24.0 Å². The van der Waals surface area contributed by atoms with Crippen LogP contribution in [0.15, 0.2) is 48.7 Å². The highest BCUT2D eigenvalue weighted by Crippen LogP contribution is 2.30. The fourth-order valence-electron chi connectivity index (χ4n) is 3.56. The van der Waals surface area contributed by atoms with Gasteiger partial charge >= 0.3 is 0 Å². The van der Waals surface area contributed by atoms with Crippen molar-refractivity contribution in [3.05, 3.63) is 54.2 Å². The Morgan fingerprint density at radius 3 is 2.44 bits per heavy atom. The number of pyridine rings is 1. The standard InChI is InChI=1S/C21H25N3O/c25-21(18-6-7-18)23-20-9-8-19(15-22-20)24-12-10-17(11-13-24)14-16-4-2-1-3-5-16/h1-5,8-9,15,17-18H,6-7,10-14H2,(H,22,23,25). The van der Waals surface area contributed by atoms with E-state index < -0.39 is 0 Å². The number of nitrogens with zero attached hydrogens (tertiary/aromatic N) is 2. The van der Waals surface area contributed by atoms with E-state index in [1.54, 1.807) is 0 Å². The molecule has 0 bridgehead atoms. The van der Waals surface area contributed by atoms with Gasteiger partial charge in [0.2, 0.25) is 5.91 Å². The number of nitrogens with one attached hydrogen (secondary N) is 1. The second-order valence-corrected chi connectivity index (χ2v) is 7.29. The molecule has 1 saturated carbocycles. The zero-order valence-corrected chi connectivity index (χ0v) is 14.5. The highest BCUT2D eigenvalue weighted by Gasteiger charge is 2.29. The van der Waals surface area contributed by atoms with Crippen molar-refractivity contribution in [3.63, 3.8) is 0 Å². The van der Waals surface area contributed by atoms with Crippen molar-refractivity contribution >= 4 is 17.4 Å². The summed E-state index contributed by atoms with van der Waals surface area (Å²) in [6.45, 7) is 2.15. The van der Waals surface area contributed by atoms with Crippen LogP contribution in [0.3, 0.4) is 0 Å². The van der Waals surface area contributed by atoms with Crippen molar-refractivity contribution in [3.8, 4) is 0 Å². The van der Waals surface area contributed by atoms with E-state index in [1.807, 2.05) is 12.3 Å². The lowest BCUT2D eigenvalue weighted by Crippen LogP contribution is -2.34. The minimum atomic E-state index is 0.113. The molecule has 0 atom stereocenters. The number of aromatic nitrogens is 1. The molecule has 2 aromatic rings. The van der Waals surface area contributed by atoms with E-state index in [1.165, 1.54) is 24.8 Å². The minimum absolute atomic E-state index is 0.113. The Balaban J connectivity index is 1.29. The molecular formula is C21H25N3O. The van der Waals surface area contributed by atoms with Gasteiger partial charge in [-0.05, 0) is 55.7 Å². The number of rotatable bonds is 5. The van der Waals surface area contributed by atoms with E-state index in [-0.39, 0.29) is 11.8 Å². The Bertz CT molecular complexity index is 702. The molecule has 0 radical (unpaired) electrons. The molecule has 4 heteroatoms. The average Bonchev–Trinajstić information content (AvgIpc) is 3.49. The fourth-order valence-corrected chi connectivity index (χ4v) is 3.56. The van der Waals surface area contributed by atoms with Gasteiger partial charge in [-0.3, -0.25) is 4.79 Å². The third-order valence-corrected chi connectivity index (χ3v) is 5.29. The van der Waals surface area contributed by atoms with Crippen molar-refractivity contribution in [2.75, 3.05) is 23.3 Å². The lowest BCUT2D eigenvalue weighted by molar-refractivity contribution is -0.117. The maximum Gasteiger partial charge on any atom is 0.228 e. The van der Waals surface area contributed by atoms with Gasteiger partial charge < -0.3 is 10.2 Å². The van der Waals surface area contributed by atoms with Gasteiger partial charge in [-0.1, -0.05) is 30.3 Å². The quantitative estimate of drug-likeness (QED) is 0.901. The number of carbonyl (C=O) groups is 1. The fraction of sp³-hybridized carbons (Fsp3) is 0.429. The molecule has 4 rings (SSSR count). The van der Waals surface area contributed by atoms with Crippen LogP contribution in [-0.2, 0) is 11.2 Å². The third kappa shape index (κ3) is 4.19. The molecule has 2 heterocycles. The second-order valence-electron chi connectivity index (χ2n) is 7.29. The second kappa shape index (κ2) is 7.26. The Morgan fingerprint density at radius 1 is 1.04 bits per heavy atom. The molecule has 4 nitrogen and oxygen atoms in total. The number of hydrogen-bond acceptors (Lipinski definition) is 3. The van der Waals surface area contributed by atoms with Crippen LogP contribution in [0, 0.1) is 11.8 Å². The maximum absolute atomic E-state index is 11.8. The highest BCUT2D eigenvalue weighted by atomic mass is 16.2. The van der Waals surface area contributed by atoms with Crippen LogP contribution in [0.1, 0.15) is 31.2 Å². The van der Waals surface area contributed by atoms with Gasteiger partial charge in [-0.2, -0.15) is 0 Å².